The van der Waals surface area contributed by atoms with Crippen molar-refractivity contribution in [1.29, 1.82) is 0 Å². The molecule has 2 nitrogen and oxygen atoms in total. The van der Waals surface area contributed by atoms with Gasteiger partial charge in [0.15, 0.2) is 0 Å². The van der Waals surface area contributed by atoms with E-state index in [0.29, 0.717) is 0 Å². The molecule has 0 aromatic carbocycles. The second kappa shape index (κ2) is 5.19. The van der Waals surface area contributed by atoms with Crippen molar-refractivity contribution in [3.8, 4) is 0 Å². The van der Waals surface area contributed by atoms with Gasteiger partial charge in [-0.05, 0) is 12.8 Å². The van der Waals surface area contributed by atoms with E-state index in [0.717, 1.165) is 12.8 Å². The molecule has 0 rings (SSSR count). The second-order valence-electron chi connectivity index (χ2n) is 1.61. The van der Waals surface area contributed by atoms with E-state index in [1.807, 2.05) is 0 Å². The first-order valence-corrected chi connectivity index (χ1v) is 4.91. The predicted molar refractivity (Wildman–Crippen MR) is 53.2 cm³/mol. The predicted octanol–water partition coefficient (Wildman–Crippen LogP) is 1.21. The molecular formula is C4H10I2N2. The van der Waals surface area contributed by atoms with E-state index in [1.54, 1.807) is 0 Å². The van der Waals surface area contributed by atoms with Crippen LogP contribution in [0.2, 0.25) is 0 Å². The molecule has 0 aliphatic heterocycles. The summed E-state index contributed by atoms with van der Waals surface area (Å²) in [4.78, 5) is 0. The number of alkyl halides is 2. The monoisotopic (exact) mass is 340 g/mol. The van der Waals surface area contributed by atoms with E-state index in [-0.39, 0.29) is 8.10 Å². The van der Waals surface area contributed by atoms with E-state index < -0.39 is 0 Å². The van der Waals surface area contributed by atoms with Crippen LogP contribution in [0.3, 0.4) is 0 Å². The summed E-state index contributed by atoms with van der Waals surface area (Å²) >= 11 is 4.39. The molecule has 0 spiro atoms. The van der Waals surface area contributed by atoms with E-state index in [4.69, 9.17) is 11.5 Å². The maximum atomic E-state index is 5.47. The van der Waals surface area contributed by atoms with Gasteiger partial charge in [-0.1, -0.05) is 45.2 Å². The van der Waals surface area contributed by atoms with Crippen molar-refractivity contribution < 1.29 is 0 Å². The molecule has 0 aliphatic rings. The summed E-state index contributed by atoms with van der Waals surface area (Å²) in [6.07, 6.45) is 2.04. The fourth-order valence-electron chi connectivity index (χ4n) is 0.318. The summed E-state index contributed by atoms with van der Waals surface area (Å²) in [6.45, 7) is 0. The van der Waals surface area contributed by atoms with Crippen molar-refractivity contribution in [2.45, 2.75) is 20.9 Å². The van der Waals surface area contributed by atoms with Crippen LogP contribution < -0.4 is 11.5 Å². The summed E-state index contributed by atoms with van der Waals surface area (Å²) in [6, 6.07) is 0. The summed E-state index contributed by atoms with van der Waals surface area (Å²) in [5, 5.41) is 0. The highest BCUT2D eigenvalue weighted by atomic mass is 127. The number of nitrogens with two attached hydrogens (primary N) is 2. The molecule has 0 fully saturated rings. The van der Waals surface area contributed by atoms with E-state index in [1.165, 1.54) is 0 Å². The van der Waals surface area contributed by atoms with Crippen LogP contribution in [0, 0.1) is 0 Å². The minimum Gasteiger partial charge on any atom is -0.320 e. The Bertz CT molecular complexity index is 48.0. The van der Waals surface area contributed by atoms with Gasteiger partial charge in [0, 0.05) is 0 Å². The summed E-state index contributed by atoms with van der Waals surface area (Å²) in [5.41, 5.74) is 10.9. The van der Waals surface area contributed by atoms with Gasteiger partial charge >= 0.3 is 0 Å². The van der Waals surface area contributed by atoms with Crippen LogP contribution in [0.15, 0.2) is 0 Å². The third-order valence-corrected chi connectivity index (χ3v) is 1.96. The largest absolute Gasteiger partial charge is 0.320 e. The minimum atomic E-state index is 0.272. The highest BCUT2D eigenvalue weighted by Crippen LogP contribution is 2.07. The standard InChI is InChI=1S/C4H10I2N2/c5-3(7)1-2-4(6)8/h3-4H,1-2,7-8H2. The van der Waals surface area contributed by atoms with Crippen LogP contribution in [-0.4, -0.2) is 8.10 Å². The first-order valence-electron chi connectivity index (χ1n) is 2.42. The molecule has 0 heterocycles. The summed E-state index contributed by atoms with van der Waals surface area (Å²) in [5.74, 6) is 0. The SMILES string of the molecule is NC(I)CCC(N)I. The Morgan fingerprint density at radius 3 is 1.38 bits per heavy atom. The van der Waals surface area contributed by atoms with Crippen LogP contribution in [0.5, 0.6) is 0 Å². The molecule has 4 heteroatoms. The Labute approximate surface area is 77.0 Å². The highest BCUT2D eigenvalue weighted by molar-refractivity contribution is 14.1. The van der Waals surface area contributed by atoms with Crippen molar-refractivity contribution in [2.24, 2.45) is 11.5 Å². The van der Waals surface area contributed by atoms with Gasteiger partial charge in [-0.15, -0.1) is 0 Å². The molecule has 0 bridgehead atoms. The van der Waals surface area contributed by atoms with Crippen LogP contribution in [0.4, 0.5) is 0 Å². The Hall–Kier alpha value is 1.38. The Morgan fingerprint density at radius 1 is 1.00 bits per heavy atom. The van der Waals surface area contributed by atoms with Crippen LogP contribution in [0.1, 0.15) is 12.8 Å². The molecule has 0 aromatic heterocycles. The Kier molecular flexibility index (Phi) is 6.08. The van der Waals surface area contributed by atoms with Crippen molar-refractivity contribution in [3.05, 3.63) is 0 Å². The third kappa shape index (κ3) is 7.38. The maximum Gasteiger partial charge on any atom is 0.0569 e. The van der Waals surface area contributed by atoms with Gasteiger partial charge < -0.3 is 11.5 Å². The smallest absolute Gasteiger partial charge is 0.0569 e. The quantitative estimate of drug-likeness (QED) is 0.461. The van der Waals surface area contributed by atoms with Crippen LogP contribution in [0.25, 0.3) is 0 Å². The number of hydrogen-bond acceptors (Lipinski definition) is 2. The molecule has 2 unspecified atom stereocenters. The average Bonchev–Trinajstić information content (AvgIpc) is 1.61. The lowest BCUT2D eigenvalue weighted by molar-refractivity contribution is 0.724. The van der Waals surface area contributed by atoms with Gasteiger partial charge in [-0.3, -0.25) is 0 Å². The number of hydrogen-bond donors (Lipinski definition) is 2. The molecule has 4 N–H and O–H groups in total. The molecule has 8 heavy (non-hydrogen) atoms. The molecule has 50 valence electrons. The number of rotatable bonds is 3. The van der Waals surface area contributed by atoms with Crippen molar-refractivity contribution >= 4 is 45.2 Å². The van der Waals surface area contributed by atoms with Gasteiger partial charge in [-0.2, -0.15) is 0 Å². The molecule has 0 saturated heterocycles. The molecule has 2 atom stereocenters. The van der Waals surface area contributed by atoms with Gasteiger partial charge in [0.1, 0.15) is 0 Å². The first-order chi connectivity index (χ1) is 3.63. The fourth-order valence-corrected chi connectivity index (χ4v) is 1.04. The Balaban J connectivity index is 2.93. The zero-order valence-corrected chi connectivity index (χ0v) is 8.79. The van der Waals surface area contributed by atoms with Gasteiger partial charge in [-0.25, -0.2) is 0 Å². The van der Waals surface area contributed by atoms with E-state index in [2.05, 4.69) is 45.2 Å². The van der Waals surface area contributed by atoms with E-state index in [9.17, 15) is 0 Å². The summed E-state index contributed by atoms with van der Waals surface area (Å²) in [7, 11) is 0. The zero-order valence-electron chi connectivity index (χ0n) is 4.48. The fraction of sp³-hybridized carbons (Fsp3) is 1.00. The lowest BCUT2D eigenvalue weighted by atomic mass is 10.3. The molecule has 0 saturated carbocycles. The highest BCUT2D eigenvalue weighted by Gasteiger charge is 1.98. The van der Waals surface area contributed by atoms with Crippen LogP contribution in [-0.2, 0) is 0 Å². The number of halogens is 2. The average molecular weight is 340 g/mol. The van der Waals surface area contributed by atoms with Crippen molar-refractivity contribution in [1.82, 2.24) is 0 Å². The first kappa shape index (κ1) is 9.38. The van der Waals surface area contributed by atoms with Gasteiger partial charge in [0.2, 0.25) is 0 Å². The molecule has 0 radical (unpaired) electrons. The van der Waals surface area contributed by atoms with Crippen LogP contribution >= 0.6 is 45.2 Å². The normalized spacial score (nSPS) is 18.0. The van der Waals surface area contributed by atoms with Gasteiger partial charge in [0.25, 0.3) is 0 Å². The molecule has 0 amide bonds. The van der Waals surface area contributed by atoms with Gasteiger partial charge in [0.05, 0.1) is 8.10 Å². The maximum absolute atomic E-state index is 5.47. The Morgan fingerprint density at radius 2 is 1.25 bits per heavy atom. The lowest BCUT2D eigenvalue weighted by Gasteiger charge is -2.03. The van der Waals surface area contributed by atoms with Crippen molar-refractivity contribution in [2.75, 3.05) is 0 Å². The van der Waals surface area contributed by atoms with E-state index >= 15 is 0 Å². The lowest BCUT2D eigenvalue weighted by Crippen LogP contribution is -2.17. The molecular weight excluding hydrogens is 330 g/mol. The topological polar surface area (TPSA) is 52.0 Å². The molecule has 0 aliphatic carbocycles. The van der Waals surface area contributed by atoms with Crippen molar-refractivity contribution in [3.63, 3.8) is 0 Å². The molecule has 0 aromatic rings. The second-order valence-corrected chi connectivity index (χ2v) is 4.81. The minimum absolute atomic E-state index is 0.272. The third-order valence-electron chi connectivity index (χ3n) is 0.718. The zero-order chi connectivity index (χ0) is 6.57. The summed E-state index contributed by atoms with van der Waals surface area (Å²) < 4.78 is 0.543.